The van der Waals surface area contributed by atoms with Gasteiger partial charge in [0, 0.05) is 36.0 Å². The number of alkyl halides is 3. The summed E-state index contributed by atoms with van der Waals surface area (Å²) < 4.78 is 44.7. The first-order chi connectivity index (χ1) is 11.9. The summed E-state index contributed by atoms with van der Waals surface area (Å²) in [5, 5.41) is 2.99. The Hall–Kier alpha value is -1.80. The number of hydrogen-bond donors (Lipinski definition) is 1. The molecule has 0 amide bonds. The van der Waals surface area contributed by atoms with Gasteiger partial charge in [-0.1, -0.05) is 22.0 Å². The first-order valence-electron chi connectivity index (χ1n) is 7.82. The number of ether oxygens (including phenoxy) is 1. The van der Waals surface area contributed by atoms with E-state index in [9.17, 15) is 13.2 Å². The lowest BCUT2D eigenvalue weighted by Crippen LogP contribution is -2.36. The highest BCUT2D eigenvalue weighted by molar-refractivity contribution is 9.10. The van der Waals surface area contributed by atoms with Gasteiger partial charge in [0.2, 0.25) is 0 Å². The van der Waals surface area contributed by atoms with E-state index in [0.717, 1.165) is 47.1 Å². The fraction of sp³-hybridized carbons (Fsp3) is 0.353. The van der Waals surface area contributed by atoms with Crippen LogP contribution in [0.25, 0.3) is 0 Å². The topological polar surface area (TPSA) is 37.4 Å². The highest BCUT2D eigenvalue weighted by Crippen LogP contribution is 2.30. The van der Waals surface area contributed by atoms with Crippen molar-refractivity contribution >= 4 is 27.4 Å². The number of pyridine rings is 1. The third-order valence-corrected chi connectivity index (χ3v) is 4.44. The Morgan fingerprint density at radius 1 is 1.16 bits per heavy atom. The van der Waals surface area contributed by atoms with Gasteiger partial charge in [0.1, 0.15) is 5.82 Å². The molecule has 25 heavy (non-hydrogen) atoms. The van der Waals surface area contributed by atoms with Crippen LogP contribution in [-0.4, -0.2) is 31.3 Å². The fourth-order valence-electron chi connectivity index (χ4n) is 2.67. The van der Waals surface area contributed by atoms with Crippen LogP contribution in [0.5, 0.6) is 0 Å². The van der Waals surface area contributed by atoms with E-state index in [1.165, 1.54) is 0 Å². The highest BCUT2D eigenvalue weighted by atomic mass is 79.9. The van der Waals surface area contributed by atoms with Crippen LogP contribution in [0.1, 0.15) is 11.1 Å². The van der Waals surface area contributed by atoms with Crippen LogP contribution in [0, 0.1) is 0 Å². The lowest BCUT2D eigenvalue weighted by Gasteiger charge is -2.31. The largest absolute Gasteiger partial charge is 0.416 e. The zero-order valence-electron chi connectivity index (χ0n) is 13.3. The molecule has 1 aliphatic rings. The maximum absolute atomic E-state index is 12.8. The van der Waals surface area contributed by atoms with Crippen molar-refractivity contribution in [1.29, 1.82) is 0 Å². The van der Waals surface area contributed by atoms with Gasteiger partial charge in [-0.15, -0.1) is 0 Å². The molecule has 1 aromatic heterocycles. The van der Waals surface area contributed by atoms with Gasteiger partial charge in [0.05, 0.1) is 18.8 Å². The summed E-state index contributed by atoms with van der Waals surface area (Å²) in [5.41, 5.74) is 1.32. The van der Waals surface area contributed by atoms with Gasteiger partial charge in [-0.25, -0.2) is 4.98 Å². The summed E-state index contributed by atoms with van der Waals surface area (Å²) in [4.78, 5) is 6.19. The third kappa shape index (κ3) is 4.64. The normalized spacial score (nSPS) is 15.3. The van der Waals surface area contributed by atoms with E-state index in [1.54, 1.807) is 0 Å². The van der Waals surface area contributed by atoms with Crippen LogP contribution in [0.15, 0.2) is 41.0 Å². The number of nitrogens with zero attached hydrogens (tertiary/aromatic N) is 2. The van der Waals surface area contributed by atoms with Gasteiger partial charge < -0.3 is 15.0 Å². The summed E-state index contributed by atoms with van der Waals surface area (Å²) in [7, 11) is 0. The number of anilines is 2. The molecule has 0 spiro atoms. The van der Waals surface area contributed by atoms with Crippen molar-refractivity contribution in [1.82, 2.24) is 4.98 Å². The van der Waals surface area contributed by atoms with Crippen LogP contribution in [0.2, 0.25) is 0 Å². The first kappa shape index (κ1) is 18.0. The smallest absolute Gasteiger partial charge is 0.378 e. The molecule has 0 atom stereocenters. The maximum Gasteiger partial charge on any atom is 0.416 e. The summed E-state index contributed by atoms with van der Waals surface area (Å²) in [5.74, 6) is 0.200. The van der Waals surface area contributed by atoms with E-state index in [2.05, 4.69) is 31.1 Å². The molecule has 134 valence electrons. The molecule has 0 saturated carbocycles. The van der Waals surface area contributed by atoms with Crippen LogP contribution >= 0.6 is 15.9 Å². The van der Waals surface area contributed by atoms with Gasteiger partial charge >= 0.3 is 6.18 Å². The van der Waals surface area contributed by atoms with Crippen molar-refractivity contribution in [3.05, 3.63) is 52.1 Å². The quantitative estimate of drug-likeness (QED) is 0.806. The summed E-state index contributed by atoms with van der Waals surface area (Å²) in [6.45, 7) is 3.27. The van der Waals surface area contributed by atoms with Gasteiger partial charge in [-0.05, 0) is 29.8 Å². The number of benzene rings is 1. The second-order valence-corrected chi connectivity index (χ2v) is 6.57. The van der Waals surface area contributed by atoms with Crippen molar-refractivity contribution in [2.75, 3.05) is 36.5 Å². The summed E-state index contributed by atoms with van der Waals surface area (Å²) >= 11 is 3.47. The molecule has 0 radical (unpaired) electrons. The lowest BCUT2D eigenvalue weighted by atomic mass is 10.1. The van der Waals surface area contributed by atoms with Crippen molar-refractivity contribution in [2.24, 2.45) is 0 Å². The van der Waals surface area contributed by atoms with Crippen molar-refractivity contribution in [3.63, 3.8) is 0 Å². The monoisotopic (exact) mass is 415 g/mol. The zero-order chi connectivity index (χ0) is 17.9. The molecule has 8 heteroatoms. The Balaban J connectivity index is 1.77. The number of morpholine rings is 1. The second-order valence-electron chi connectivity index (χ2n) is 5.65. The number of halogens is 4. The number of rotatable bonds is 4. The third-order valence-electron chi connectivity index (χ3n) is 3.95. The predicted octanol–water partition coefficient (Wildman–Crippen LogP) is 4.31. The SMILES string of the molecule is FC(F)(F)c1ccnc(NCc2ccc(Br)cc2N2CCOCC2)c1. The average molecular weight is 416 g/mol. The van der Waals surface area contributed by atoms with E-state index < -0.39 is 11.7 Å². The molecule has 1 aliphatic heterocycles. The molecular weight excluding hydrogens is 399 g/mol. The van der Waals surface area contributed by atoms with Crippen LogP contribution in [0.3, 0.4) is 0 Å². The molecule has 2 aromatic rings. The zero-order valence-corrected chi connectivity index (χ0v) is 14.9. The van der Waals surface area contributed by atoms with Crippen molar-refractivity contribution in [2.45, 2.75) is 12.7 Å². The molecule has 2 heterocycles. The Kier molecular flexibility index (Phi) is 5.48. The van der Waals surface area contributed by atoms with E-state index in [1.807, 2.05) is 18.2 Å². The number of hydrogen-bond acceptors (Lipinski definition) is 4. The molecule has 0 aliphatic carbocycles. The maximum atomic E-state index is 12.8. The van der Waals surface area contributed by atoms with Crippen molar-refractivity contribution in [3.8, 4) is 0 Å². The molecule has 0 bridgehead atoms. The molecule has 1 saturated heterocycles. The van der Waals surface area contributed by atoms with Crippen LogP contribution in [-0.2, 0) is 17.5 Å². The molecule has 1 aromatic carbocycles. The summed E-state index contributed by atoms with van der Waals surface area (Å²) in [6.07, 6.45) is -3.22. The molecule has 1 fully saturated rings. The van der Waals surface area contributed by atoms with E-state index in [-0.39, 0.29) is 5.82 Å². The van der Waals surface area contributed by atoms with Gasteiger partial charge in [-0.2, -0.15) is 13.2 Å². The van der Waals surface area contributed by atoms with Gasteiger partial charge in [-0.3, -0.25) is 0 Å². The van der Waals surface area contributed by atoms with Crippen LogP contribution in [0.4, 0.5) is 24.7 Å². The Labute approximate surface area is 152 Å². The molecule has 1 N–H and O–H groups in total. The standard InChI is InChI=1S/C17H17BrF3N3O/c18-14-2-1-12(15(10-14)24-5-7-25-8-6-24)11-23-16-9-13(3-4-22-16)17(19,20)21/h1-4,9-10H,5-8,11H2,(H,22,23). The molecule has 0 unspecified atom stereocenters. The van der Waals surface area contributed by atoms with Crippen LogP contribution < -0.4 is 10.2 Å². The van der Waals surface area contributed by atoms with E-state index >= 15 is 0 Å². The lowest BCUT2D eigenvalue weighted by molar-refractivity contribution is -0.137. The predicted molar refractivity (Wildman–Crippen MR) is 93.7 cm³/mol. The fourth-order valence-corrected chi connectivity index (χ4v) is 3.02. The summed E-state index contributed by atoms with van der Waals surface area (Å²) in [6, 6.07) is 7.87. The molecular formula is C17H17BrF3N3O. The first-order valence-corrected chi connectivity index (χ1v) is 8.61. The Bertz CT molecular complexity index is 733. The number of aromatic nitrogens is 1. The molecule has 4 nitrogen and oxygen atoms in total. The number of nitrogens with one attached hydrogen (secondary N) is 1. The average Bonchev–Trinajstić information content (AvgIpc) is 2.61. The van der Waals surface area contributed by atoms with Gasteiger partial charge in [0.25, 0.3) is 0 Å². The minimum Gasteiger partial charge on any atom is -0.378 e. The Morgan fingerprint density at radius 3 is 2.64 bits per heavy atom. The minimum atomic E-state index is -4.38. The second kappa shape index (κ2) is 7.61. The highest BCUT2D eigenvalue weighted by Gasteiger charge is 2.30. The van der Waals surface area contributed by atoms with E-state index in [0.29, 0.717) is 19.8 Å². The van der Waals surface area contributed by atoms with Crippen molar-refractivity contribution < 1.29 is 17.9 Å². The minimum absolute atomic E-state index is 0.200. The molecule has 3 rings (SSSR count). The van der Waals surface area contributed by atoms with Gasteiger partial charge in [0.15, 0.2) is 0 Å². The Morgan fingerprint density at radius 2 is 1.92 bits per heavy atom. The van der Waals surface area contributed by atoms with E-state index in [4.69, 9.17) is 4.74 Å².